The van der Waals surface area contributed by atoms with Crippen molar-refractivity contribution in [3.8, 4) is 0 Å². The van der Waals surface area contributed by atoms with Crippen LogP contribution in [0.25, 0.3) is 5.57 Å². The lowest BCUT2D eigenvalue weighted by Crippen LogP contribution is -2.40. The zero-order valence-corrected chi connectivity index (χ0v) is 16.7. The van der Waals surface area contributed by atoms with Crippen LogP contribution in [0.15, 0.2) is 59.5 Å². The van der Waals surface area contributed by atoms with Crippen LogP contribution in [0.3, 0.4) is 0 Å². The summed E-state index contributed by atoms with van der Waals surface area (Å²) >= 11 is 1.90. The largest absolute Gasteiger partial charge is 0.506 e. The van der Waals surface area contributed by atoms with E-state index in [-0.39, 0.29) is 6.10 Å². The Bertz CT molecular complexity index is 830. The maximum absolute atomic E-state index is 10.8. The van der Waals surface area contributed by atoms with Crippen LogP contribution in [0, 0.1) is 0 Å². The van der Waals surface area contributed by atoms with Gasteiger partial charge in [-0.25, -0.2) is 4.79 Å². The van der Waals surface area contributed by atoms with Crippen molar-refractivity contribution in [2.24, 2.45) is 0 Å². The van der Waals surface area contributed by atoms with Gasteiger partial charge in [0.05, 0.1) is 0 Å². The van der Waals surface area contributed by atoms with Gasteiger partial charge in [-0.2, -0.15) is 0 Å². The summed E-state index contributed by atoms with van der Waals surface area (Å²) in [6.07, 6.45) is 3.72. The molecule has 1 N–H and O–H groups in total. The third-order valence-electron chi connectivity index (χ3n) is 5.39. The monoisotopic (exact) mass is 395 g/mol. The smallest absolute Gasteiger partial charge is 0.450 e. The van der Waals surface area contributed by atoms with Crippen LogP contribution in [0.4, 0.5) is 4.79 Å². The van der Waals surface area contributed by atoms with Crippen molar-refractivity contribution in [2.45, 2.75) is 36.0 Å². The summed E-state index contributed by atoms with van der Waals surface area (Å²) in [5, 5.41) is 8.86. The number of fused-ring (bicyclic) bond motifs is 2. The quantitative estimate of drug-likeness (QED) is 0.715. The lowest BCUT2D eigenvalue weighted by atomic mass is 9.93. The first-order valence-corrected chi connectivity index (χ1v) is 10.8. The van der Waals surface area contributed by atoms with E-state index < -0.39 is 6.16 Å². The number of benzene rings is 2. The third kappa shape index (κ3) is 4.42. The molecule has 0 radical (unpaired) electrons. The Kier molecular flexibility index (Phi) is 6.03. The molecule has 28 heavy (non-hydrogen) atoms. The number of ether oxygens (including phenoxy) is 1. The van der Waals surface area contributed by atoms with Crippen LogP contribution in [0.1, 0.15) is 36.0 Å². The van der Waals surface area contributed by atoms with E-state index in [9.17, 15) is 4.79 Å². The van der Waals surface area contributed by atoms with Crippen molar-refractivity contribution < 1.29 is 14.6 Å². The molecule has 2 aliphatic rings. The van der Waals surface area contributed by atoms with E-state index in [0.29, 0.717) is 6.54 Å². The molecule has 2 aromatic carbocycles. The molecule has 4 nitrogen and oxygen atoms in total. The standard InChI is InChI=1S/C23H25NO3S/c25-23(26)27-18-8-5-13-24(15-18)14-6-11-20-19-9-2-1-7-17(19)16-28-22-12-4-3-10-21(20)22/h1-4,7,9-12,18H,5-6,8,13-16H2,(H,25,26). The topological polar surface area (TPSA) is 49.8 Å². The number of hydrogen-bond acceptors (Lipinski definition) is 4. The first-order valence-electron chi connectivity index (χ1n) is 9.83. The molecular weight excluding hydrogens is 370 g/mol. The minimum atomic E-state index is -1.17. The van der Waals surface area contributed by atoms with Gasteiger partial charge in [0, 0.05) is 23.7 Å². The van der Waals surface area contributed by atoms with Crippen LogP contribution in [-0.4, -0.2) is 41.9 Å². The average molecular weight is 396 g/mol. The fourth-order valence-electron chi connectivity index (χ4n) is 4.09. The lowest BCUT2D eigenvalue weighted by molar-refractivity contribution is 0.0140. The molecule has 0 spiro atoms. The molecule has 146 valence electrons. The highest BCUT2D eigenvalue weighted by atomic mass is 32.2. The van der Waals surface area contributed by atoms with Crippen molar-refractivity contribution in [3.05, 3.63) is 71.3 Å². The Hall–Kier alpha value is -2.24. The second kappa shape index (κ2) is 8.84. The summed E-state index contributed by atoms with van der Waals surface area (Å²) in [5.41, 5.74) is 5.32. The zero-order valence-electron chi connectivity index (χ0n) is 15.8. The van der Waals surface area contributed by atoms with E-state index >= 15 is 0 Å². The summed E-state index contributed by atoms with van der Waals surface area (Å²) in [4.78, 5) is 14.5. The molecule has 0 bridgehead atoms. The summed E-state index contributed by atoms with van der Waals surface area (Å²) < 4.78 is 4.98. The fraction of sp³-hybridized carbons (Fsp3) is 0.348. The van der Waals surface area contributed by atoms with Gasteiger partial charge >= 0.3 is 6.16 Å². The molecule has 1 unspecified atom stereocenters. The van der Waals surface area contributed by atoms with Crippen molar-refractivity contribution in [3.63, 3.8) is 0 Å². The van der Waals surface area contributed by atoms with Gasteiger partial charge in [-0.3, -0.25) is 4.90 Å². The summed E-state index contributed by atoms with van der Waals surface area (Å²) in [7, 11) is 0. The minimum Gasteiger partial charge on any atom is -0.450 e. The van der Waals surface area contributed by atoms with Gasteiger partial charge in [0.15, 0.2) is 0 Å². The number of rotatable bonds is 4. The molecule has 2 heterocycles. The number of thioether (sulfide) groups is 1. The number of piperidine rings is 1. The Morgan fingerprint density at radius 2 is 1.96 bits per heavy atom. The molecule has 1 saturated heterocycles. The van der Waals surface area contributed by atoms with Gasteiger partial charge < -0.3 is 9.84 Å². The predicted octanol–water partition coefficient (Wildman–Crippen LogP) is 5.27. The highest BCUT2D eigenvalue weighted by Gasteiger charge is 2.23. The third-order valence-corrected chi connectivity index (χ3v) is 6.51. The summed E-state index contributed by atoms with van der Waals surface area (Å²) in [6, 6.07) is 17.3. The van der Waals surface area contributed by atoms with Crippen LogP contribution in [0.5, 0.6) is 0 Å². The van der Waals surface area contributed by atoms with Crippen LogP contribution >= 0.6 is 11.8 Å². The van der Waals surface area contributed by atoms with E-state index in [2.05, 4.69) is 59.5 Å². The summed E-state index contributed by atoms with van der Waals surface area (Å²) in [5.74, 6) is 0.991. The number of hydrogen-bond donors (Lipinski definition) is 1. The van der Waals surface area contributed by atoms with Crippen molar-refractivity contribution in [1.29, 1.82) is 0 Å². The van der Waals surface area contributed by atoms with Crippen molar-refractivity contribution in [2.75, 3.05) is 19.6 Å². The van der Waals surface area contributed by atoms with Crippen LogP contribution in [-0.2, 0) is 10.5 Å². The fourth-order valence-corrected chi connectivity index (χ4v) is 5.16. The predicted molar refractivity (Wildman–Crippen MR) is 113 cm³/mol. The average Bonchev–Trinajstić information content (AvgIpc) is 2.85. The number of nitrogens with zero attached hydrogens (tertiary/aromatic N) is 1. The Labute approximate surface area is 170 Å². The molecule has 0 aromatic heterocycles. The normalized spacial score (nSPS) is 20.9. The van der Waals surface area contributed by atoms with E-state index in [1.807, 2.05) is 11.8 Å². The van der Waals surface area contributed by atoms with E-state index in [0.717, 1.165) is 38.1 Å². The molecule has 5 heteroatoms. The van der Waals surface area contributed by atoms with Gasteiger partial charge in [-0.15, -0.1) is 11.8 Å². The van der Waals surface area contributed by atoms with Crippen molar-refractivity contribution in [1.82, 2.24) is 4.90 Å². The van der Waals surface area contributed by atoms with E-state index in [4.69, 9.17) is 9.84 Å². The molecule has 0 amide bonds. The Morgan fingerprint density at radius 1 is 1.18 bits per heavy atom. The molecule has 4 rings (SSSR count). The first-order chi connectivity index (χ1) is 13.7. The zero-order chi connectivity index (χ0) is 19.3. The van der Waals surface area contributed by atoms with Gasteiger partial charge in [0.1, 0.15) is 6.10 Å². The van der Waals surface area contributed by atoms with Crippen molar-refractivity contribution >= 4 is 23.5 Å². The molecule has 0 saturated carbocycles. The van der Waals surface area contributed by atoms with Gasteiger partial charge in [0.25, 0.3) is 0 Å². The molecular formula is C23H25NO3S. The second-order valence-electron chi connectivity index (χ2n) is 7.30. The first kappa shape index (κ1) is 19.1. The van der Waals surface area contributed by atoms with Gasteiger partial charge in [-0.1, -0.05) is 48.5 Å². The van der Waals surface area contributed by atoms with Gasteiger partial charge in [-0.05, 0) is 54.1 Å². The SMILES string of the molecule is O=C(O)OC1CCCN(CCC=C2c3ccccc3CSc3ccccc32)C1. The second-order valence-corrected chi connectivity index (χ2v) is 8.31. The highest BCUT2D eigenvalue weighted by molar-refractivity contribution is 7.98. The molecule has 2 aromatic rings. The minimum absolute atomic E-state index is 0.199. The maximum atomic E-state index is 10.8. The molecule has 1 atom stereocenters. The molecule has 0 aliphatic carbocycles. The van der Waals surface area contributed by atoms with Crippen LogP contribution in [0.2, 0.25) is 0 Å². The number of likely N-dealkylation sites (tertiary alicyclic amines) is 1. The lowest BCUT2D eigenvalue weighted by Gasteiger charge is -2.31. The van der Waals surface area contributed by atoms with Gasteiger partial charge in [0.2, 0.25) is 0 Å². The number of carboxylic acid groups (broad SMARTS) is 1. The highest BCUT2D eigenvalue weighted by Crippen LogP contribution is 2.40. The van der Waals surface area contributed by atoms with E-state index in [1.165, 1.54) is 27.2 Å². The number of carbonyl (C=O) groups is 1. The maximum Gasteiger partial charge on any atom is 0.506 e. The Morgan fingerprint density at radius 3 is 2.82 bits per heavy atom. The van der Waals surface area contributed by atoms with E-state index in [1.54, 1.807) is 0 Å². The summed E-state index contributed by atoms with van der Waals surface area (Å²) in [6.45, 7) is 2.62. The molecule has 1 fully saturated rings. The Balaban J connectivity index is 1.52. The molecule has 2 aliphatic heterocycles. The van der Waals surface area contributed by atoms with Crippen LogP contribution < -0.4 is 0 Å².